The summed E-state index contributed by atoms with van der Waals surface area (Å²) in [6.45, 7) is 7.45. The van der Waals surface area contributed by atoms with Crippen molar-refractivity contribution in [2.24, 2.45) is 0 Å². The summed E-state index contributed by atoms with van der Waals surface area (Å²) in [5.41, 5.74) is 3.13. The minimum Gasteiger partial charge on any atom is -0.508 e. The SMILES string of the molecule is C[C@@H](CN(C)C)Oc1nc2c(c(N3CCN(C=CC=O)CC3)n1)CCN(c1cc(O)cc3ccccc13)C2. The van der Waals surface area contributed by atoms with Crippen LogP contribution in [0.2, 0.25) is 0 Å². The number of benzene rings is 2. The van der Waals surface area contributed by atoms with Crippen LogP contribution in [0.15, 0.2) is 48.7 Å². The fourth-order valence-corrected chi connectivity index (χ4v) is 5.42. The van der Waals surface area contributed by atoms with E-state index >= 15 is 0 Å². The van der Waals surface area contributed by atoms with Crippen LogP contribution in [0.3, 0.4) is 0 Å². The van der Waals surface area contributed by atoms with Gasteiger partial charge in [0.15, 0.2) is 0 Å². The number of ether oxygens (including phenoxy) is 1. The van der Waals surface area contributed by atoms with E-state index in [0.29, 0.717) is 12.6 Å². The highest BCUT2D eigenvalue weighted by Crippen LogP contribution is 2.36. The molecule has 2 aliphatic heterocycles. The Morgan fingerprint density at radius 1 is 1.08 bits per heavy atom. The summed E-state index contributed by atoms with van der Waals surface area (Å²) < 4.78 is 6.22. The van der Waals surface area contributed by atoms with E-state index in [4.69, 9.17) is 14.7 Å². The summed E-state index contributed by atoms with van der Waals surface area (Å²) in [5, 5.41) is 12.6. The maximum atomic E-state index is 10.7. The van der Waals surface area contributed by atoms with Gasteiger partial charge in [-0.3, -0.25) is 4.79 Å². The van der Waals surface area contributed by atoms with E-state index in [1.807, 2.05) is 51.5 Å². The molecule has 2 aliphatic rings. The van der Waals surface area contributed by atoms with Gasteiger partial charge in [-0.15, -0.1) is 0 Å². The second kappa shape index (κ2) is 11.3. The number of carbonyl (C=O) groups is 1. The molecular formula is C29H36N6O3. The van der Waals surface area contributed by atoms with Crippen molar-refractivity contribution < 1.29 is 14.6 Å². The summed E-state index contributed by atoms with van der Waals surface area (Å²) in [6, 6.07) is 12.2. The Balaban J connectivity index is 1.47. The first-order chi connectivity index (χ1) is 18.4. The molecular weight excluding hydrogens is 480 g/mol. The molecule has 1 saturated heterocycles. The van der Waals surface area contributed by atoms with Crippen molar-refractivity contribution >= 4 is 28.6 Å². The van der Waals surface area contributed by atoms with Gasteiger partial charge in [-0.2, -0.15) is 9.97 Å². The first-order valence-corrected chi connectivity index (χ1v) is 13.2. The van der Waals surface area contributed by atoms with Crippen molar-refractivity contribution in [2.75, 3.05) is 63.2 Å². The standard InChI is InChI=1S/C29H36N6O3/c1-21(19-32(2)3)38-29-30-26-20-35(27-18-23(37)17-22-7-4-5-8-24(22)27)11-9-25(26)28(31-29)34-14-12-33(13-15-34)10-6-16-36/h4-8,10,16-18,21,37H,9,11-15,19-20H2,1-3H3/t21-/m0/s1. The Hall–Kier alpha value is -3.85. The molecule has 9 heteroatoms. The van der Waals surface area contributed by atoms with E-state index < -0.39 is 0 Å². The Morgan fingerprint density at radius 3 is 2.63 bits per heavy atom. The molecule has 1 atom stereocenters. The van der Waals surface area contributed by atoms with Crippen LogP contribution in [0.1, 0.15) is 18.2 Å². The number of likely N-dealkylation sites (N-methyl/N-ethyl adjacent to an activating group) is 1. The molecule has 0 bridgehead atoms. The lowest BCUT2D eigenvalue weighted by Gasteiger charge is -2.38. The Morgan fingerprint density at radius 2 is 1.87 bits per heavy atom. The van der Waals surface area contributed by atoms with E-state index in [-0.39, 0.29) is 11.9 Å². The number of fused-ring (bicyclic) bond motifs is 2. The van der Waals surface area contributed by atoms with Crippen molar-refractivity contribution in [2.45, 2.75) is 26.0 Å². The summed E-state index contributed by atoms with van der Waals surface area (Å²) in [4.78, 5) is 29.4. The van der Waals surface area contributed by atoms with Crippen molar-refractivity contribution in [1.82, 2.24) is 19.8 Å². The normalized spacial score (nSPS) is 16.8. The maximum Gasteiger partial charge on any atom is 0.318 e. The number of anilines is 2. The lowest BCUT2D eigenvalue weighted by Crippen LogP contribution is -2.45. The van der Waals surface area contributed by atoms with Gasteiger partial charge in [-0.05, 0) is 45.0 Å². The minimum atomic E-state index is -0.0593. The highest BCUT2D eigenvalue weighted by Gasteiger charge is 2.28. The third-order valence-corrected chi connectivity index (χ3v) is 7.11. The number of hydrogen-bond donors (Lipinski definition) is 1. The summed E-state index contributed by atoms with van der Waals surface area (Å²) in [6.07, 6.45) is 4.95. The van der Waals surface area contributed by atoms with Crippen LogP contribution in [0.4, 0.5) is 11.5 Å². The number of rotatable bonds is 8. The van der Waals surface area contributed by atoms with Crippen LogP contribution in [0.5, 0.6) is 11.8 Å². The number of phenols is 1. The van der Waals surface area contributed by atoms with Gasteiger partial charge in [-0.25, -0.2) is 0 Å². The molecule has 2 aromatic carbocycles. The molecule has 0 aliphatic carbocycles. The second-order valence-corrected chi connectivity index (χ2v) is 10.3. The molecule has 0 spiro atoms. The van der Waals surface area contributed by atoms with Crippen LogP contribution in [-0.2, 0) is 17.8 Å². The summed E-state index contributed by atoms with van der Waals surface area (Å²) >= 11 is 0. The van der Waals surface area contributed by atoms with Gasteiger partial charge in [0.1, 0.15) is 24.0 Å². The lowest BCUT2D eigenvalue weighted by atomic mass is 10.0. The minimum absolute atomic E-state index is 0.0593. The molecule has 5 rings (SSSR count). The topological polar surface area (TPSA) is 85.3 Å². The van der Waals surface area contributed by atoms with E-state index in [2.05, 4.69) is 25.7 Å². The van der Waals surface area contributed by atoms with Crippen molar-refractivity contribution in [3.8, 4) is 11.8 Å². The number of aldehydes is 1. The molecule has 0 amide bonds. The maximum absolute atomic E-state index is 10.7. The third kappa shape index (κ3) is 5.67. The van der Waals surface area contributed by atoms with E-state index in [0.717, 1.165) is 85.5 Å². The van der Waals surface area contributed by atoms with Crippen molar-refractivity contribution in [3.63, 3.8) is 0 Å². The largest absolute Gasteiger partial charge is 0.508 e. The Bertz CT molecular complexity index is 1320. The molecule has 0 unspecified atom stereocenters. The van der Waals surface area contributed by atoms with Gasteiger partial charge < -0.3 is 29.4 Å². The van der Waals surface area contributed by atoms with Gasteiger partial charge in [-0.1, -0.05) is 24.3 Å². The van der Waals surface area contributed by atoms with E-state index in [1.165, 1.54) is 0 Å². The van der Waals surface area contributed by atoms with E-state index in [1.54, 1.807) is 12.1 Å². The van der Waals surface area contributed by atoms with Crippen LogP contribution in [0, 0.1) is 0 Å². The first-order valence-electron chi connectivity index (χ1n) is 13.2. The predicted molar refractivity (Wildman–Crippen MR) is 150 cm³/mol. The zero-order valence-electron chi connectivity index (χ0n) is 22.4. The molecule has 1 aromatic heterocycles. The fourth-order valence-electron chi connectivity index (χ4n) is 5.42. The number of aromatic hydroxyl groups is 1. The molecule has 38 heavy (non-hydrogen) atoms. The number of nitrogens with zero attached hydrogens (tertiary/aromatic N) is 6. The van der Waals surface area contributed by atoms with Crippen LogP contribution < -0.4 is 14.5 Å². The monoisotopic (exact) mass is 516 g/mol. The lowest BCUT2D eigenvalue weighted by molar-refractivity contribution is -0.104. The fraction of sp³-hybridized carbons (Fsp3) is 0.414. The number of piperazine rings is 1. The van der Waals surface area contributed by atoms with Crippen LogP contribution in [0.25, 0.3) is 10.8 Å². The van der Waals surface area contributed by atoms with E-state index in [9.17, 15) is 9.90 Å². The van der Waals surface area contributed by atoms with Gasteiger partial charge in [0, 0.05) is 68.2 Å². The van der Waals surface area contributed by atoms with Gasteiger partial charge in [0.05, 0.1) is 12.2 Å². The molecule has 9 nitrogen and oxygen atoms in total. The van der Waals surface area contributed by atoms with Gasteiger partial charge >= 0.3 is 6.01 Å². The first kappa shape index (κ1) is 25.8. The van der Waals surface area contributed by atoms with Crippen LogP contribution in [-0.4, -0.2) is 90.6 Å². The summed E-state index contributed by atoms with van der Waals surface area (Å²) in [7, 11) is 4.05. The second-order valence-electron chi connectivity index (χ2n) is 10.3. The number of carbonyl (C=O) groups excluding carboxylic acids is 1. The van der Waals surface area contributed by atoms with Crippen LogP contribution >= 0.6 is 0 Å². The number of hydrogen-bond acceptors (Lipinski definition) is 9. The molecule has 3 aromatic rings. The van der Waals surface area contributed by atoms with Crippen molar-refractivity contribution in [3.05, 3.63) is 59.9 Å². The molecule has 1 N–H and O–H groups in total. The Labute approximate surface area is 223 Å². The molecule has 3 heterocycles. The predicted octanol–water partition coefficient (Wildman–Crippen LogP) is 3.06. The number of allylic oxidation sites excluding steroid dienone is 1. The average Bonchev–Trinajstić information content (AvgIpc) is 2.90. The number of phenolic OH excluding ortho intramolecular Hbond substituents is 1. The molecule has 200 valence electrons. The average molecular weight is 517 g/mol. The zero-order chi connectivity index (χ0) is 26.6. The smallest absolute Gasteiger partial charge is 0.318 e. The van der Waals surface area contributed by atoms with Gasteiger partial charge in [0.2, 0.25) is 0 Å². The van der Waals surface area contributed by atoms with Crippen molar-refractivity contribution in [1.29, 1.82) is 0 Å². The molecule has 0 saturated carbocycles. The quantitative estimate of drug-likeness (QED) is 0.359. The molecule has 0 radical (unpaired) electrons. The zero-order valence-corrected chi connectivity index (χ0v) is 22.4. The number of aromatic nitrogens is 2. The highest BCUT2D eigenvalue weighted by molar-refractivity contribution is 5.95. The highest BCUT2D eigenvalue weighted by atomic mass is 16.5. The van der Waals surface area contributed by atoms with Gasteiger partial charge in [0.25, 0.3) is 0 Å². The Kier molecular flexibility index (Phi) is 7.64. The summed E-state index contributed by atoms with van der Waals surface area (Å²) in [5.74, 6) is 1.21. The third-order valence-electron chi connectivity index (χ3n) is 7.11. The molecule has 1 fully saturated rings.